The minimum Gasteiger partial charge on any atom is -0.378 e. The van der Waals surface area contributed by atoms with Crippen molar-refractivity contribution in [1.82, 2.24) is 14.9 Å². The minimum atomic E-state index is -0.521. The molecule has 0 aliphatic carbocycles. The molecule has 6 nitrogen and oxygen atoms in total. The summed E-state index contributed by atoms with van der Waals surface area (Å²) in [5, 5.41) is 0.359. The molecule has 0 bridgehead atoms. The van der Waals surface area contributed by atoms with E-state index in [1.807, 2.05) is 6.92 Å². The number of fused-ring (bicyclic) bond motifs is 1. The lowest BCUT2D eigenvalue weighted by Crippen LogP contribution is -2.58. The van der Waals surface area contributed by atoms with E-state index in [2.05, 4.69) is 9.97 Å². The highest BCUT2D eigenvalue weighted by atomic mass is 32.2. The van der Waals surface area contributed by atoms with Crippen LogP contribution in [0.3, 0.4) is 0 Å². The number of carbonyl (C=O) groups excluding carboxylic acids is 2. The number of hydrogen-bond donors (Lipinski definition) is 0. The maximum atomic E-state index is 12.0. The van der Waals surface area contributed by atoms with Crippen LogP contribution in [0.4, 0.5) is 0 Å². The number of aromatic nitrogens is 2. The van der Waals surface area contributed by atoms with Gasteiger partial charge in [0, 0.05) is 12.4 Å². The lowest BCUT2D eigenvalue weighted by Gasteiger charge is -2.43. The van der Waals surface area contributed by atoms with Gasteiger partial charge in [-0.2, -0.15) is 0 Å². The highest BCUT2D eigenvalue weighted by Crippen LogP contribution is 2.40. The Morgan fingerprint density at radius 1 is 1.50 bits per heavy atom. The molecule has 1 amide bonds. The Kier molecular flexibility index (Phi) is 3.43. The first-order chi connectivity index (χ1) is 9.72. The van der Waals surface area contributed by atoms with E-state index in [0.717, 1.165) is 24.9 Å². The van der Waals surface area contributed by atoms with Crippen molar-refractivity contribution in [2.24, 2.45) is 5.92 Å². The molecule has 1 aromatic heterocycles. The summed E-state index contributed by atoms with van der Waals surface area (Å²) in [6.07, 6.45) is 6.44. The van der Waals surface area contributed by atoms with Crippen LogP contribution >= 0.6 is 12.0 Å². The molecule has 7 heteroatoms. The molecule has 0 radical (unpaired) electrons. The third-order valence-corrected chi connectivity index (χ3v) is 4.14. The van der Waals surface area contributed by atoms with Gasteiger partial charge in [0.2, 0.25) is 11.1 Å². The van der Waals surface area contributed by atoms with Gasteiger partial charge in [0.1, 0.15) is 17.7 Å². The predicted octanol–water partition coefficient (Wildman–Crippen LogP) is 1.55. The number of carbonyl (C=O) groups is 2. The molecule has 0 spiro atoms. The molecular weight excluding hydrogens is 278 g/mol. The van der Waals surface area contributed by atoms with Gasteiger partial charge in [0.15, 0.2) is 0 Å². The Morgan fingerprint density at radius 2 is 2.25 bits per heavy atom. The number of amides is 1. The highest BCUT2D eigenvalue weighted by Gasteiger charge is 2.51. The van der Waals surface area contributed by atoms with Gasteiger partial charge in [-0.25, -0.2) is 14.8 Å². The van der Waals surface area contributed by atoms with E-state index in [4.69, 9.17) is 4.18 Å². The van der Waals surface area contributed by atoms with Crippen LogP contribution in [-0.2, 0) is 13.8 Å². The molecule has 1 saturated heterocycles. The first kappa shape index (κ1) is 13.1. The summed E-state index contributed by atoms with van der Waals surface area (Å²) in [7, 11) is 0. The fraction of sp³-hybridized carbons (Fsp3) is 0.385. The number of hydrogen-bond acceptors (Lipinski definition) is 6. The van der Waals surface area contributed by atoms with Crippen molar-refractivity contribution in [1.29, 1.82) is 0 Å². The summed E-state index contributed by atoms with van der Waals surface area (Å²) >= 11 is 0.800. The summed E-state index contributed by atoms with van der Waals surface area (Å²) < 4.78 is 5.07. The molecule has 2 unspecified atom stereocenters. The SMILES string of the molecule is CCC1C(=O)N2C(C(=O)OSc3ncccn3)=CCC12. The van der Waals surface area contributed by atoms with Crippen LogP contribution in [0.25, 0.3) is 0 Å². The first-order valence-corrected chi connectivity index (χ1v) is 7.15. The average Bonchev–Trinajstić information content (AvgIpc) is 2.86. The molecule has 3 heterocycles. The predicted molar refractivity (Wildman–Crippen MR) is 71.1 cm³/mol. The van der Waals surface area contributed by atoms with E-state index < -0.39 is 5.97 Å². The zero-order chi connectivity index (χ0) is 14.1. The van der Waals surface area contributed by atoms with Crippen LogP contribution in [-0.4, -0.2) is 32.8 Å². The second-order valence-electron chi connectivity index (χ2n) is 4.60. The second-order valence-corrected chi connectivity index (χ2v) is 5.30. The standard InChI is InChI=1S/C13H13N3O3S/c1-2-8-9-4-5-10(16(9)11(8)17)12(18)19-20-13-14-6-3-7-15-13/h3,5-9H,2,4H2,1H3. The van der Waals surface area contributed by atoms with Crippen LogP contribution in [0.2, 0.25) is 0 Å². The monoisotopic (exact) mass is 291 g/mol. The van der Waals surface area contributed by atoms with Crippen LogP contribution in [0.15, 0.2) is 35.4 Å². The Morgan fingerprint density at radius 3 is 2.95 bits per heavy atom. The highest BCUT2D eigenvalue weighted by molar-refractivity contribution is 7.94. The van der Waals surface area contributed by atoms with E-state index in [1.165, 1.54) is 0 Å². The Hall–Kier alpha value is -1.89. The molecule has 20 heavy (non-hydrogen) atoms. The molecule has 1 aromatic rings. The summed E-state index contributed by atoms with van der Waals surface area (Å²) in [5.74, 6) is -0.464. The third-order valence-electron chi connectivity index (χ3n) is 3.55. The van der Waals surface area contributed by atoms with E-state index in [-0.39, 0.29) is 17.9 Å². The van der Waals surface area contributed by atoms with Gasteiger partial charge in [0.25, 0.3) is 0 Å². The van der Waals surface area contributed by atoms with Crippen molar-refractivity contribution >= 4 is 23.9 Å². The van der Waals surface area contributed by atoms with E-state index in [9.17, 15) is 9.59 Å². The molecule has 104 valence electrons. The van der Waals surface area contributed by atoms with Crippen LogP contribution in [0.1, 0.15) is 19.8 Å². The zero-order valence-corrected chi connectivity index (χ0v) is 11.7. The largest absolute Gasteiger partial charge is 0.378 e. The summed E-state index contributed by atoms with van der Waals surface area (Å²) in [5.41, 5.74) is 0.341. The van der Waals surface area contributed by atoms with Crippen LogP contribution in [0, 0.1) is 5.92 Å². The van der Waals surface area contributed by atoms with Crippen molar-refractivity contribution in [3.63, 3.8) is 0 Å². The van der Waals surface area contributed by atoms with Crippen molar-refractivity contribution in [2.45, 2.75) is 31.0 Å². The van der Waals surface area contributed by atoms with Crippen molar-refractivity contribution in [2.75, 3.05) is 0 Å². The quantitative estimate of drug-likeness (QED) is 0.476. The molecule has 2 aliphatic rings. The maximum Gasteiger partial charge on any atom is 0.367 e. The van der Waals surface area contributed by atoms with Gasteiger partial charge < -0.3 is 9.08 Å². The normalized spacial score (nSPS) is 23.9. The van der Waals surface area contributed by atoms with Gasteiger partial charge >= 0.3 is 5.97 Å². The fourth-order valence-corrected chi connectivity index (χ4v) is 3.02. The number of nitrogens with zero attached hydrogens (tertiary/aromatic N) is 3. The fourth-order valence-electron chi connectivity index (χ4n) is 2.58. The lowest BCUT2D eigenvalue weighted by atomic mass is 9.85. The summed E-state index contributed by atoms with van der Waals surface area (Å²) in [4.78, 5) is 33.3. The zero-order valence-electron chi connectivity index (χ0n) is 10.9. The minimum absolute atomic E-state index is 0.0131. The third kappa shape index (κ3) is 2.07. The van der Waals surface area contributed by atoms with Gasteiger partial charge in [-0.1, -0.05) is 13.0 Å². The number of rotatable bonds is 4. The molecule has 3 rings (SSSR count). The average molecular weight is 291 g/mol. The molecule has 1 fully saturated rings. The van der Waals surface area contributed by atoms with Crippen molar-refractivity contribution in [3.8, 4) is 0 Å². The van der Waals surface area contributed by atoms with E-state index in [0.29, 0.717) is 10.9 Å². The molecule has 0 saturated carbocycles. The smallest absolute Gasteiger partial charge is 0.367 e. The summed E-state index contributed by atoms with van der Waals surface area (Å²) in [6, 6.07) is 1.81. The van der Waals surface area contributed by atoms with Crippen molar-refractivity contribution in [3.05, 3.63) is 30.2 Å². The second kappa shape index (κ2) is 5.24. The van der Waals surface area contributed by atoms with Gasteiger partial charge in [-0.15, -0.1) is 0 Å². The Bertz CT molecular complexity index is 575. The molecule has 2 atom stereocenters. The molecular formula is C13H13N3O3S. The van der Waals surface area contributed by atoms with Gasteiger partial charge in [-0.3, -0.25) is 4.79 Å². The van der Waals surface area contributed by atoms with Crippen LogP contribution in [0.5, 0.6) is 0 Å². The van der Waals surface area contributed by atoms with Crippen molar-refractivity contribution < 1.29 is 13.8 Å². The van der Waals surface area contributed by atoms with Gasteiger partial charge in [-0.05, 0) is 18.9 Å². The molecule has 2 aliphatic heterocycles. The van der Waals surface area contributed by atoms with E-state index in [1.54, 1.807) is 29.4 Å². The topological polar surface area (TPSA) is 72.4 Å². The molecule has 0 N–H and O–H groups in total. The molecule has 0 aromatic carbocycles. The van der Waals surface area contributed by atoms with E-state index >= 15 is 0 Å². The summed E-state index contributed by atoms with van der Waals surface area (Å²) in [6.45, 7) is 1.98. The Balaban J connectivity index is 1.61. The van der Waals surface area contributed by atoms with Gasteiger partial charge in [0.05, 0.1) is 12.0 Å². The first-order valence-electron chi connectivity index (χ1n) is 6.41. The lowest BCUT2D eigenvalue weighted by molar-refractivity contribution is -0.154. The van der Waals surface area contributed by atoms with Crippen LogP contribution < -0.4 is 0 Å². The number of β-lactam (4-membered cyclic amide) rings is 1. The Labute approximate surface area is 120 Å². The maximum absolute atomic E-state index is 12.0.